The molecule has 0 saturated carbocycles. The Kier molecular flexibility index (Phi) is 4.33. The van der Waals surface area contributed by atoms with Crippen LogP contribution in [-0.4, -0.2) is 33.1 Å². The normalized spacial score (nSPS) is 18.2. The molecule has 1 aromatic heterocycles. The van der Waals surface area contributed by atoms with Crippen LogP contribution in [0.15, 0.2) is 24.7 Å². The van der Waals surface area contributed by atoms with E-state index >= 15 is 0 Å². The average Bonchev–Trinajstić information content (AvgIpc) is 2.89. The smallest absolute Gasteiger partial charge is 0.356 e. The number of imidazole rings is 1. The zero-order valence-corrected chi connectivity index (χ0v) is 10.6. The molecule has 1 aliphatic rings. The molecule has 0 fully saturated rings. The van der Waals surface area contributed by atoms with Gasteiger partial charge in [-0.25, -0.2) is 9.78 Å². The number of aromatic carboxylic acids is 1. The molecular formula is C13H17N3O3. The monoisotopic (exact) mass is 263 g/mol. The number of nitrogens with one attached hydrogen (secondary N) is 1. The minimum atomic E-state index is -1.04. The van der Waals surface area contributed by atoms with Crippen LogP contribution in [0.25, 0.3) is 0 Å². The van der Waals surface area contributed by atoms with Gasteiger partial charge in [-0.15, -0.1) is 0 Å². The number of carbonyl (C=O) groups is 2. The fraction of sp³-hybridized carbons (Fsp3) is 0.462. The molecule has 6 heteroatoms. The number of allylic oxidation sites excluding steroid dienone is 2. The Bertz CT molecular complexity index is 493. The predicted molar refractivity (Wildman–Crippen MR) is 68.7 cm³/mol. The lowest BCUT2D eigenvalue weighted by atomic mass is 9.94. The molecule has 0 radical (unpaired) electrons. The molecular weight excluding hydrogens is 246 g/mol. The molecule has 0 bridgehead atoms. The number of amides is 1. The van der Waals surface area contributed by atoms with Crippen molar-refractivity contribution < 1.29 is 14.7 Å². The van der Waals surface area contributed by atoms with E-state index in [1.165, 1.54) is 12.5 Å². The second-order valence-electron chi connectivity index (χ2n) is 4.57. The van der Waals surface area contributed by atoms with Crippen LogP contribution in [0, 0.1) is 5.92 Å². The highest BCUT2D eigenvalue weighted by Crippen LogP contribution is 2.17. The van der Waals surface area contributed by atoms with Crippen molar-refractivity contribution >= 4 is 11.9 Å². The predicted octanol–water partition coefficient (Wildman–Crippen LogP) is 1.05. The summed E-state index contributed by atoms with van der Waals surface area (Å²) < 4.78 is 1.66. The van der Waals surface area contributed by atoms with E-state index in [1.807, 2.05) is 6.08 Å². The molecule has 1 aliphatic carbocycles. The number of hydrogen-bond acceptors (Lipinski definition) is 3. The summed E-state index contributed by atoms with van der Waals surface area (Å²) in [6, 6.07) is 0. The minimum Gasteiger partial charge on any atom is -0.476 e. The van der Waals surface area contributed by atoms with Gasteiger partial charge < -0.3 is 15.0 Å². The molecule has 6 nitrogen and oxygen atoms in total. The number of hydrogen-bond donors (Lipinski definition) is 2. The third-order valence-electron chi connectivity index (χ3n) is 3.16. The first-order chi connectivity index (χ1) is 9.16. The summed E-state index contributed by atoms with van der Waals surface area (Å²) in [7, 11) is 0. The molecule has 0 aromatic carbocycles. The van der Waals surface area contributed by atoms with E-state index in [4.69, 9.17) is 5.11 Å². The van der Waals surface area contributed by atoms with Gasteiger partial charge in [0.15, 0.2) is 5.69 Å². The summed E-state index contributed by atoms with van der Waals surface area (Å²) in [6.07, 6.45) is 9.72. The summed E-state index contributed by atoms with van der Waals surface area (Å²) in [6.45, 7) is 1.00. The minimum absolute atomic E-state index is 0.0174. The fourth-order valence-corrected chi connectivity index (χ4v) is 2.08. The van der Waals surface area contributed by atoms with Gasteiger partial charge in [0, 0.05) is 25.2 Å². The lowest BCUT2D eigenvalue weighted by molar-refractivity contribution is -0.125. The van der Waals surface area contributed by atoms with E-state index in [-0.39, 0.29) is 17.5 Å². The van der Waals surface area contributed by atoms with Crippen LogP contribution in [0.3, 0.4) is 0 Å². The lowest BCUT2D eigenvalue weighted by Gasteiger charge is -2.17. The lowest BCUT2D eigenvalue weighted by Crippen LogP contribution is -2.33. The quantitative estimate of drug-likeness (QED) is 0.778. The van der Waals surface area contributed by atoms with Gasteiger partial charge in [0.05, 0.1) is 6.33 Å². The number of carbonyl (C=O) groups excluding carboxylic acids is 1. The molecule has 1 atom stereocenters. The van der Waals surface area contributed by atoms with Gasteiger partial charge in [0.2, 0.25) is 5.91 Å². The molecule has 1 unspecified atom stereocenters. The molecule has 0 spiro atoms. The molecule has 2 N–H and O–H groups in total. The summed E-state index contributed by atoms with van der Waals surface area (Å²) in [4.78, 5) is 26.2. The molecule has 102 valence electrons. The summed E-state index contributed by atoms with van der Waals surface area (Å²) >= 11 is 0. The summed E-state index contributed by atoms with van der Waals surface area (Å²) in [5, 5.41) is 11.6. The fourth-order valence-electron chi connectivity index (χ4n) is 2.08. The van der Waals surface area contributed by atoms with Gasteiger partial charge in [0.1, 0.15) is 0 Å². The topological polar surface area (TPSA) is 84.2 Å². The van der Waals surface area contributed by atoms with Crippen molar-refractivity contribution in [1.29, 1.82) is 0 Å². The second-order valence-corrected chi connectivity index (χ2v) is 4.57. The third kappa shape index (κ3) is 3.67. The number of nitrogens with zero attached hydrogens (tertiary/aromatic N) is 2. The molecule has 2 rings (SSSR count). The first-order valence-electron chi connectivity index (χ1n) is 6.34. The highest BCUT2D eigenvalue weighted by atomic mass is 16.4. The van der Waals surface area contributed by atoms with Crippen molar-refractivity contribution in [1.82, 2.24) is 14.9 Å². The van der Waals surface area contributed by atoms with Gasteiger partial charge >= 0.3 is 5.97 Å². The van der Waals surface area contributed by atoms with Crippen LogP contribution in [-0.2, 0) is 11.3 Å². The van der Waals surface area contributed by atoms with Crippen molar-refractivity contribution in [3.63, 3.8) is 0 Å². The van der Waals surface area contributed by atoms with Crippen molar-refractivity contribution in [2.24, 2.45) is 5.92 Å². The van der Waals surface area contributed by atoms with Crippen LogP contribution < -0.4 is 5.32 Å². The van der Waals surface area contributed by atoms with Crippen LogP contribution in [0.1, 0.15) is 29.8 Å². The first-order valence-corrected chi connectivity index (χ1v) is 6.34. The Morgan fingerprint density at radius 3 is 2.95 bits per heavy atom. The maximum atomic E-state index is 11.8. The Morgan fingerprint density at radius 2 is 2.32 bits per heavy atom. The Hall–Kier alpha value is -2.11. The van der Waals surface area contributed by atoms with Crippen molar-refractivity contribution in [2.75, 3.05) is 6.54 Å². The highest BCUT2D eigenvalue weighted by Gasteiger charge is 2.17. The van der Waals surface area contributed by atoms with E-state index in [2.05, 4.69) is 16.4 Å². The molecule has 1 heterocycles. The SMILES string of the molecule is O=C(O)c1cn(CCNC(=O)C2CC=CCC2)cn1. The van der Waals surface area contributed by atoms with Gasteiger partial charge in [0.25, 0.3) is 0 Å². The molecule has 0 aliphatic heterocycles. The maximum Gasteiger partial charge on any atom is 0.356 e. The Balaban J connectivity index is 1.74. The maximum absolute atomic E-state index is 11.8. The molecule has 19 heavy (non-hydrogen) atoms. The molecule has 0 saturated heterocycles. The van der Waals surface area contributed by atoms with Crippen molar-refractivity contribution in [2.45, 2.75) is 25.8 Å². The first kappa shape index (κ1) is 13.3. The van der Waals surface area contributed by atoms with Gasteiger partial charge in [-0.3, -0.25) is 4.79 Å². The molecule has 1 aromatic rings. The standard InChI is InChI=1S/C13H17N3O3/c17-12(10-4-2-1-3-5-10)14-6-7-16-8-11(13(18)19)15-9-16/h1-2,8-10H,3-7H2,(H,14,17)(H,18,19). The molecule has 1 amide bonds. The van der Waals surface area contributed by atoms with E-state index < -0.39 is 5.97 Å². The van der Waals surface area contributed by atoms with Crippen molar-refractivity contribution in [3.05, 3.63) is 30.4 Å². The number of aromatic nitrogens is 2. The Labute approximate surface area is 111 Å². The van der Waals surface area contributed by atoms with Crippen LogP contribution >= 0.6 is 0 Å². The zero-order chi connectivity index (χ0) is 13.7. The van der Waals surface area contributed by atoms with E-state index in [0.29, 0.717) is 13.1 Å². The van der Waals surface area contributed by atoms with E-state index in [0.717, 1.165) is 19.3 Å². The highest BCUT2D eigenvalue weighted by molar-refractivity contribution is 5.84. The van der Waals surface area contributed by atoms with Crippen LogP contribution in [0.4, 0.5) is 0 Å². The number of carboxylic acid groups (broad SMARTS) is 1. The van der Waals surface area contributed by atoms with E-state index in [9.17, 15) is 9.59 Å². The van der Waals surface area contributed by atoms with Crippen molar-refractivity contribution in [3.8, 4) is 0 Å². The number of carboxylic acids is 1. The average molecular weight is 263 g/mol. The van der Waals surface area contributed by atoms with Gasteiger partial charge in [-0.2, -0.15) is 0 Å². The van der Waals surface area contributed by atoms with Gasteiger partial charge in [-0.1, -0.05) is 12.2 Å². The Morgan fingerprint density at radius 1 is 1.47 bits per heavy atom. The second kappa shape index (κ2) is 6.17. The van der Waals surface area contributed by atoms with Crippen LogP contribution in [0.5, 0.6) is 0 Å². The summed E-state index contributed by atoms with van der Waals surface area (Å²) in [5.41, 5.74) is 0.0174. The third-order valence-corrected chi connectivity index (χ3v) is 3.16. The number of rotatable bonds is 5. The van der Waals surface area contributed by atoms with Crippen LogP contribution in [0.2, 0.25) is 0 Å². The van der Waals surface area contributed by atoms with Gasteiger partial charge in [-0.05, 0) is 19.3 Å². The van der Waals surface area contributed by atoms with E-state index in [1.54, 1.807) is 4.57 Å². The largest absolute Gasteiger partial charge is 0.476 e. The summed E-state index contributed by atoms with van der Waals surface area (Å²) in [5.74, 6) is -0.901. The zero-order valence-electron chi connectivity index (χ0n) is 10.6.